The van der Waals surface area contributed by atoms with E-state index in [1.54, 1.807) is 0 Å². The average Bonchev–Trinajstić information content (AvgIpc) is 3.31. The second-order valence-corrected chi connectivity index (χ2v) is 8.75. The molecule has 2 heterocycles. The Labute approximate surface area is 184 Å². The lowest BCUT2D eigenvalue weighted by Crippen LogP contribution is -2.58. The molecule has 2 aliphatic rings. The highest BCUT2D eigenvalue weighted by molar-refractivity contribution is 5.78. The van der Waals surface area contributed by atoms with Crippen LogP contribution in [0.4, 0.5) is 10.1 Å². The second kappa shape index (κ2) is 9.69. The summed E-state index contributed by atoms with van der Waals surface area (Å²) in [5, 5.41) is 0. The number of carbonyl (C=O) groups is 1. The van der Waals surface area contributed by atoms with E-state index in [1.807, 2.05) is 35.2 Å². The van der Waals surface area contributed by atoms with E-state index in [0.29, 0.717) is 6.54 Å². The number of amides is 1. The number of hydrogen-bond donors (Lipinski definition) is 0. The maximum Gasteiger partial charge on any atom is 0.260 e. The first-order chi connectivity index (χ1) is 15.0. The molecule has 31 heavy (non-hydrogen) atoms. The lowest BCUT2D eigenvalue weighted by atomic mass is 10.1. The Balaban J connectivity index is 1.34. The fraction of sp³-hybridized carbons (Fsp3) is 0.480. The molecule has 2 aromatic rings. The van der Waals surface area contributed by atoms with E-state index in [0.717, 1.165) is 43.2 Å². The summed E-state index contributed by atoms with van der Waals surface area (Å²) in [6.45, 7) is 8.57. The van der Waals surface area contributed by atoms with Crippen molar-refractivity contribution in [3.8, 4) is 5.75 Å². The predicted molar refractivity (Wildman–Crippen MR) is 121 cm³/mol. The van der Waals surface area contributed by atoms with Gasteiger partial charge in [-0.25, -0.2) is 4.39 Å². The summed E-state index contributed by atoms with van der Waals surface area (Å²) in [4.78, 5) is 19.6. The molecule has 0 N–H and O–H groups in total. The third-order valence-electron chi connectivity index (χ3n) is 6.40. The minimum Gasteiger partial charge on any atom is -0.482 e. The van der Waals surface area contributed by atoms with Gasteiger partial charge in [-0.15, -0.1) is 0 Å². The van der Waals surface area contributed by atoms with Crippen LogP contribution in [0.15, 0.2) is 48.5 Å². The molecule has 0 bridgehead atoms. The first kappa shape index (κ1) is 21.6. The van der Waals surface area contributed by atoms with Crippen molar-refractivity contribution < 1.29 is 13.9 Å². The molecule has 1 amide bonds. The van der Waals surface area contributed by atoms with Gasteiger partial charge < -0.3 is 14.5 Å². The summed E-state index contributed by atoms with van der Waals surface area (Å²) in [5.41, 5.74) is 2.17. The van der Waals surface area contributed by atoms with Crippen LogP contribution in [0.1, 0.15) is 32.3 Å². The van der Waals surface area contributed by atoms with Gasteiger partial charge in [0.15, 0.2) is 6.61 Å². The van der Waals surface area contributed by atoms with Crippen molar-refractivity contribution in [3.05, 3.63) is 59.9 Å². The number of halogens is 1. The van der Waals surface area contributed by atoms with Crippen LogP contribution in [0.25, 0.3) is 0 Å². The number of benzene rings is 2. The highest BCUT2D eigenvalue weighted by Crippen LogP contribution is 2.30. The largest absolute Gasteiger partial charge is 0.482 e. The van der Waals surface area contributed by atoms with Gasteiger partial charge in [0, 0.05) is 44.8 Å². The molecule has 166 valence electrons. The Morgan fingerprint density at radius 2 is 1.71 bits per heavy atom. The summed E-state index contributed by atoms with van der Waals surface area (Å²) >= 11 is 0. The van der Waals surface area contributed by atoms with Crippen molar-refractivity contribution >= 4 is 11.6 Å². The van der Waals surface area contributed by atoms with Crippen LogP contribution in [0.5, 0.6) is 5.75 Å². The smallest absolute Gasteiger partial charge is 0.260 e. The van der Waals surface area contributed by atoms with E-state index in [-0.39, 0.29) is 30.4 Å². The molecule has 0 aromatic heterocycles. The molecule has 0 radical (unpaired) electrons. The van der Waals surface area contributed by atoms with Crippen molar-refractivity contribution in [2.24, 2.45) is 0 Å². The lowest BCUT2D eigenvalue weighted by Gasteiger charge is -2.44. The van der Waals surface area contributed by atoms with Crippen molar-refractivity contribution in [2.75, 3.05) is 37.7 Å². The zero-order valence-electron chi connectivity index (χ0n) is 18.5. The molecule has 4 rings (SSSR count). The number of hydrogen-bond acceptors (Lipinski definition) is 4. The van der Waals surface area contributed by atoms with E-state index >= 15 is 0 Å². The van der Waals surface area contributed by atoms with Gasteiger partial charge in [0.05, 0.1) is 5.69 Å². The second-order valence-electron chi connectivity index (χ2n) is 8.75. The lowest BCUT2D eigenvalue weighted by molar-refractivity contribution is -0.139. The number of rotatable bonds is 6. The molecular formula is C25H32FN3O2. The van der Waals surface area contributed by atoms with Gasteiger partial charge in [-0.05, 0) is 56.5 Å². The Bertz CT molecular complexity index is 883. The van der Waals surface area contributed by atoms with Crippen LogP contribution >= 0.6 is 0 Å². The van der Waals surface area contributed by atoms with Gasteiger partial charge in [0.25, 0.3) is 5.91 Å². The van der Waals surface area contributed by atoms with Crippen LogP contribution in [-0.4, -0.2) is 60.6 Å². The van der Waals surface area contributed by atoms with E-state index < -0.39 is 0 Å². The highest BCUT2D eigenvalue weighted by atomic mass is 19.1. The Hall–Kier alpha value is -2.60. The molecule has 0 unspecified atom stereocenters. The average molecular weight is 426 g/mol. The van der Waals surface area contributed by atoms with Crippen molar-refractivity contribution in [1.29, 1.82) is 0 Å². The molecule has 5 nitrogen and oxygen atoms in total. The summed E-state index contributed by atoms with van der Waals surface area (Å²) in [7, 11) is 0. The van der Waals surface area contributed by atoms with Gasteiger partial charge in [0.2, 0.25) is 0 Å². The molecule has 2 aliphatic heterocycles. The third-order valence-corrected chi connectivity index (χ3v) is 6.40. The van der Waals surface area contributed by atoms with Gasteiger partial charge in [-0.3, -0.25) is 9.69 Å². The fourth-order valence-corrected chi connectivity index (χ4v) is 4.61. The Kier molecular flexibility index (Phi) is 6.76. The van der Waals surface area contributed by atoms with Gasteiger partial charge in [0.1, 0.15) is 11.6 Å². The van der Waals surface area contributed by atoms with Gasteiger partial charge in [-0.2, -0.15) is 0 Å². The summed E-state index contributed by atoms with van der Waals surface area (Å²) in [5.74, 6) is 0.595. The SMILES string of the molecule is C[C@@H]1CN(C(=O)COc2ccccc2N2CCCC2)[C@@H](C)CN1Cc1ccc(F)cc1. The fourth-order valence-electron chi connectivity index (χ4n) is 4.61. The highest BCUT2D eigenvalue weighted by Gasteiger charge is 2.32. The van der Waals surface area contributed by atoms with Crippen LogP contribution in [0.3, 0.4) is 0 Å². The number of para-hydroxylation sites is 2. The number of piperazine rings is 1. The summed E-state index contributed by atoms with van der Waals surface area (Å²) in [6.07, 6.45) is 2.40. The van der Waals surface area contributed by atoms with Crippen molar-refractivity contribution in [3.63, 3.8) is 0 Å². The molecule has 2 saturated heterocycles. The zero-order valence-corrected chi connectivity index (χ0v) is 18.5. The van der Waals surface area contributed by atoms with Gasteiger partial charge in [-0.1, -0.05) is 24.3 Å². The molecular weight excluding hydrogens is 393 g/mol. The molecule has 2 aromatic carbocycles. The minimum atomic E-state index is -0.216. The quantitative estimate of drug-likeness (QED) is 0.703. The maximum atomic E-state index is 13.2. The number of nitrogens with zero attached hydrogens (tertiary/aromatic N) is 3. The third kappa shape index (κ3) is 5.18. The van der Waals surface area contributed by atoms with Crippen LogP contribution < -0.4 is 9.64 Å². The van der Waals surface area contributed by atoms with Crippen LogP contribution in [0.2, 0.25) is 0 Å². The monoisotopic (exact) mass is 425 g/mol. The molecule has 2 fully saturated rings. The predicted octanol–water partition coefficient (Wildman–Crippen LogP) is 3.93. The maximum absolute atomic E-state index is 13.2. The molecule has 2 atom stereocenters. The summed E-state index contributed by atoms with van der Waals surface area (Å²) < 4.78 is 19.2. The molecule has 6 heteroatoms. The molecule has 0 saturated carbocycles. The van der Waals surface area contributed by atoms with E-state index in [1.165, 1.54) is 25.0 Å². The first-order valence-electron chi connectivity index (χ1n) is 11.3. The van der Waals surface area contributed by atoms with Gasteiger partial charge >= 0.3 is 0 Å². The molecule has 0 aliphatic carbocycles. The van der Waals surface area contributed by atoms with Crippen molar-refractivity contribution in [2.45, 2.75) is 45.3 Å². The zero-order chi connectivity index (χ0) is 21.8. The normalized spacial score (nSPS) is 22.0. The summed E-state index contributed by atoms with van der Waals surface area (Å²) in [6, 6.07) is 15.0. The molecule has 0 spiro atoms. The van der Waals surface area contributed by atoms with Crippen molar-refractivity contribution in [1.82, 2.24) is 9.80 Å². The number of anilines is 1. The van der Waals surface area contributed by atoms with E-state index in [9.17, 15) is 9.18 Å². The number of carbonyl (C=O) groups excluding carboxylic acids is 1. The standard InChI is InChI=1S/C25H32FN3O2/c1-19-16-29(20(2)15-28(19)17-21-9-11-22(26)12-10-21)25(30)18-31-24-8-4-3-7-23(24)27-13-5-6-14-27/h3-4,7-12,19-20H,5-6,13-18H2,1-2H3/t19-,20+/m1/s1. The minimum absolute atomic E-state index is 0.0250. The first-order valence-corrected chi connectivity index (χ1v) is 11.3. The number of ether oxygens (including phenoxy) is 1. The van der Waals surface area contributed by atoms with Crippen LogP contribution in [-0.2, 0) is 11.3 Å². The topological polar surface area (TPSA) is 36.0 Å². The van der Waals surface area contributed by atoms with Crippen LogP contribution in [0, 0.1) is 5.82 Å². The Morgan fingerprint density at radius 1 is 1.00 bits per heavy atom. The Morgan fingerprint density at radius 3 is 2.45 bits per heavy atom. The van der Waals surface area contributed by atoms with E-state index in [4.69, 9.17) is 4.74 Å². The van der Waals surface area contributed by atoms with E-state index in [2.05, 4.69) is 29.7 Å².